The maximum Gasteiger partial charge on any atom is 0.376 e. The van der Waals surface area contributed by atoms with Crippen molar-refractivity contribution in [3.8, 4) is 23.0 Å². The highest BCUT2D eigenvalue weighted by Crippen LogP contribution is 2.33. The second kappa shape index (κ2) is 25.1. The first-order chi connectivity index (χ1) is 26.3. The predicted octanol–water partition coefficient (Wildman–Crippen LogP) is 7.30. The third-order valence-electron chi connectivity index (χ3n) is 8.18. The Labute approximate surface area is 344 Å². The van der Waals surface area contributed by atoms with Gasteiger partial charge >= 0.3 is 19.0 Å². The van der Waals surface area contributed by atoms with Gasteiger partial charge in [-0.2, -0.15) is 0 Å². The Morgan fingerprint density at radius 2 is 1.27 bits per heavy atom. The third-order valence-corrected chi connectivity index (χ3v) is 8.18. The molecule has 0 bridgehead atoms. The van der Waals surface area contributed by atoms with Crippen LogP contribution in [0.3, 0.4) is 0 Å². The SMILES string of the molecule is C.C.C.C.CNc1ccc(Oc2ccnc(C(=O)O)c2)cc1[N+](=O)[O-].CNc1ccc(Oc2ccnc(CC(=O)OC3CN(B(C)O)C3)c2)cc1[N+](=O)[O-].OC1CCC1. The maximum atomic E-state index is 12.1. The number of anilines is 2. The first-order valence-electron chi connectivity index (χ1n) is 17.0. The Morgan fingerprint density at radius 3 is 1.68 bits per heavy atom. The highest BCUT2D eigenvalue weighted by atomic mass is 16.6. The third kappa shape index (κ3) is 15.8. The number of pyridine rings is 2. The average Bonchev–Trinajstić information content (AvgIpc) is 3.12. The minimum absolute atomic E-state index is 0. The summed E-state index contributed by atoms with van der Waals surface area (Å²) < 4.78 is 16.5. The molecule has 19 nitrogen and oxygen atoms in total. The number of carboxylic acids is 1. The Bertz CT molecular complexity index is 1980. The van der Waals surface area contributed by atoms with E-state index in [0.717, 1.165) is 12.8 Å². The van der Waals surface area contributed by atoms with E-state index in [1.807, 2.05) is 0 Å². The molecule has 1 aliphatic carbocycles. The van der Waals surface area contributed by atoms with Crippen molar-refractivity contribution in [2.45, 2.75) is 74.4 Å². The van der Waals surface area contributed by atoms with E-state index in [1.165, 1.54) is 49.1 Å². The van der Waals surface area contributed by atoms with Crippen molar-refractivity contribution in [2.24, 2.45) is 0 Å². The summed E-state index contributed by atoms with van der Waals surface area (Å²) >= 11 is 0. The van der Waals surface area contributed by atoms with Crippen LogP contribution in [0.2, 0.25) is 6.82 Å². The van der Waals surface area contributed by atoms with Crippen LogP contribution in [0, 0.1) is 20.2 Å². The lowest BCUT2D eigenvalue weighted by atomic mass is 9.81. The zero-order chi connectivity index (χ0) is 40.1. The largest absolute Gasteiger partial charge is 0.477 e. The zero-order valence-electron chi connectivity index (χ0n) is 30.2. The Kier molecular flexibility index (Phi) is 22.4. The monoisotopic (exact) mass is 825 g/mol. The minimum atomic E-state index is -1.18. The summed E-state index contributed by atoms with van der Waals surface area (Å²) in [7, 11) is 2.62. The molecule has 2 fully saturated rings. The van der Waals surface area contributed by atoms with E-state index in [4.69, 9.17) is 24.4 Å². The molecule has 3 heterocycles. The molecule has 2 aromatic carbocycles. The van der Waals surface area contributed by atoms with Crippen LogP contribution in [-0.4, -0.2) is 98.2 Å². The highest BCUT2D eigenvalue weighted by molar-refractivity contribution is 6.45. The van der Waals surface area contributed by atoms with Gasteiger partial charge in [0.05, 0.1) is 40.2 Å². The van der Waals surface area contributed by atoms with Crippen molar-refractivity contribution >= 4 is 41.7 Å². The summed E-state index contributed by atoms with van der Waals surface area (Å²) in [5.74, 6) is -0.450. The number of benzene rings is 2. The number of aromatic nitrogens is 2. The van der Waals surface area contributed by atoms with Crippen LogP contribution in [0.1, 0.15) is 65.2 Å². The number of rotatable bonds is 13. The normalized spacial score (nSPS) is 12.6. The number of aliphatic hydroxyl groups is 1. The number of hydrogen-bond donors (Lipinski definition) is 5. The van der Waals surface area contributed by atoms with Gasteiger partial charge in [0.15, 0.2) is 5.69 Å². The number of esters is 1. The number of carboxylic acid groups (broad SMARTS) is 1. The molecule has 4 aromatic rings. The fourth-order valence-corrected chi connectivity index (χ4v) is 4.97. The predicted molar refractivity (Wildman–Crippen MR) is 227 cm³/mol. The van der Waals surface area contributed by atoms with Crippen molar-refractivity contribution < 1.29 is 48.9 Å². The number of carbonyl (C=O) groups excluding carboxylic acids is 1. The standard InChI is InChI=1S/C18H21BN4O6.C13H11N3O5.C4H8O.4CH4/c1-19(25)22-10-15(11-22)29-18(24)8-12-7-14(5-6-21-12)28-13-3-4-16(20-2)17(9-13)23(26)27;1-14-10-3-2-8(7-12(10)16(19)20)21-9-4-5-15-11(6-9)13(17)18;5-4-2-1-3-4;;;;/h3-7,9,15,20,25H,8,10-11H2,1-2H3;2-7,14H,1H3,(H,17,18);4-5H,1-3H2;4*1H4. The molecule has 6 rings (SSSR count). The fraction of sp³-hybridized carbons (Fsp3) is 0.385. The molecule has 0 amide bonds. The molecule has 5 N–H and O–H groups in total. The van der Waals surface area contributed by atoms with Gasteiger partial charge in [-0.3, -0.25) is 30.0 Å². The molecule has 1 saturated carbocycles. The van der Waals surface area contributed by atoms with Crippen LogP contribution in [0.15, 0.2) is 73.1 Å². The first kappa shape index (κ1) is 52.6. The summed E-state index contributed by atoms with van der Waals surface area (Å²) in [6, 6.07) is 14.7. The quantitative estimate of drug-likeness (QED) is 0.0383. The molecule has 0 unspecified atom stereocenters. The molecule has 1 saturated heterocycles. The topological polar surface area (TPSA) is 262 Å². The van der Waals surface area contributed by atoms with E-state index >= 15 is 0 Å². The number of hydrogen-bond acceptors (Lipinski definition) is 16. The van der Waals surface area contributed by atoms with Gasteiger partial charge < -0.3 is 44.9 Å². The van der Waals surface area contributed by atoms with Gasteiger partial charge in [-0.25, -0.2) is 9.78 Å². The molecule has 59 heavy (non-hydrogen) atoms. The number of nitrogens with zero attached hydrogens (tertiary/aromatic N) is 5. The Balaban J connectivity index is 0.000000989. The molecule has 0 radical (unpaired) electrons. The molecule has 2 aliphatic rings. The highest BCUT2D eigenvalue weighted by Gasteiger charge is 2.34. The summed E-state index contributed by atoms with van der Waals surface area (Å²) in [6.07, 6.45) is 5.91. The molecular formula is C39H56BN7O12. The zero-order valence-corrected chi connectivity index (χ0v) is 30.2. The number of ether oxygens (including phenoxy) is 3. The molecule has 2 aromatic heterocycles. The lowest BCUT2D eigenvalue weighted by molar-refractivity contribution is -0.384. The van der Waals surface area contributed by atoms with E-state index in [9.17, 15) is 34.8 Å². The molecule has 0 atom stereocenters. The van der Waals surface area contributed by atoms with Crippen molar-refractivity contribution in [3.63, 3.8) is 0 Å². The molecule has 1 aliphatic heterocycles. The summed E-state index contributed by atoms with van der Waals surface area (Å²) in [5, 5.41) is 54.3. The second-order valence-electron chi connectivity index (χ2n) is 12.2. The van der Waals surface area contributed by atoms with E-state index in [2.05, 4.69) is 20.6 Å². The van der Waals surface area contributed by atoms with Gasteiger partial charge in [0.2, 0.25) is 0 Å². The number of carbonyl (C=O) groups is 2. The smallest absolute Gasteiger partial charge is 0.376 e. The summed E-state index contributed by atoms with van der Waals surface area (Å²) in [5.41, 5.74) is 0.783. The van der Waals surface area contributed by atoms with Crippen LogP contribution < -0.4 is 20.1 Å². The molecule has 20 heteroatoms. The molecular weight excluding hydrogens is 769 g/mol. The van der Waals surface area contributed by atoms with Crippen molar-refractivity contribution in [3.05, 3.63) is 105 Å². The Hall–Kier alpha value is -6.38. The minimum Gasteiger partial charge on any atom is -0.477 e. The number of aromatic carboxylic acids is 1. The number of nitro benzene ring substituents is 2. The van der Waals surface area contributed by atoms with Crippen LogP contribution in [0.5, 0.6) is 23.0 Å². The van der Waals surface area contributed by atoms with E-state index in [-0.39, 0.29) is 76.9 Å². The van der Waals surface area contributed by atoms with Gasteiger partial charge in [-0.1, -0.05) is 29.7 Å². The van der Waals surface area contributed by atoms with Gasteiger partial charge in [-0.15, -0.1) is 0 Å². The maximum absolute atomic E-state index is 12.1. The van der Waals surface area contributed by atoms with Crippen LogP contribution in [0.4, 0.5) is 22.7 Å². The van der Waals surface area contributed by atoms with Crippen molar-refractivity contribution in [2.75, 3.05) is 37.8 Å². The lowest BCUT2D eigenvalue weighted by Crippen LogP contribution is -2.58. The van der Waals surface area contributed by atoms with E-state index in [0.29, 0.717) is 41.7 Å². The lowest BCUT2D eigenvalue weighted by Gasteiger charge is -2.39. The fourth-order valence-electron chi connectivity index (χ4n) is 4.97. The van der Waals surface area contributed by atoms with Crippen LogP contribution in [0.25, 0.3) is 0 Å². The van der Waals surface area contributed by atoms with Crippen molar-refractivity contribution in [1.82, 2.24) is 14.8 Å². The number of nitrogens with one attached hydrogen (secondary N) is 2. The second-order valence-corrected chi connectivity index (χ2v) is 12.2. The van der Waals surface area contributed by atoms with Gasteiger partial charge in [0.1, 0.15) is 40.5 Å². The van der Waals surface area contributed by atoms with E-state index < -0.39 is 28.8 Å². The number of nitro groups is 2. The number of aliphatic hydroxyl groups excluding tert-OH is 1. The first-order valence-corrected chi connectivity index (χ1v) is 17.0. The van der Waals surface area contributed by atoms with Gasteiger partial charge in [0.25, 0.3) is 11.4 Å². The van der Waals surface area contributed by atoms with Crippen molar-refractivity contribution in [1.29, 1.82) is 0 Å². The Morgan fingerprint density at radius 1 is 0.814 bits per heavy atom. The van der Waals surface area contributed by atoms with Gasteiger partial charge in [-0.05, 0) is 62.5 Å². The molecule has 0 spiro atoms. The summed E-state index contributed by atoms with van der Waals surface area (Å²) in [6.45, 7) is 2.66. The summed E-state index contributed by atoms with van der Waals surface area (Å²) in [4.78, 5) is 53.6. The van der Waals surface area contributed by atoms with Crippen LogP contribution >= 0.6 is 0 Å². The van der Waals surface area contributed by atoms with E-state index in [1.54, 1.807) is 56.1 Å². The van der Waals surface area contributed by atoms with Crippen LogP contribution in [-0.2, 0) is 16.0 Å². The van der Waals surface area contributed by atoms with Gasteiger partial charge in [0, 0.05) is 51.7 Å². The molecule has 322 valence electrons. The average molecular weight is 826 g/mol.